The van der Waals surface area contributed by atoms with Gasteiger partial charge in [0.25, 0.3) is 10.0 Å². The van der Waals surface area contributed by atoms with E-state index >= 15 is 0 Å². The molecule has 0 aliphatic heterocycles. The summed E-state index contributed by atoms with van der Waals surface area (Å²) in [6.45, 7) is 1.53. The largest absolute Gasteiger partial charge is 0.454 e. The van der Waals surface area contributed by atoms with Gasteiger partial charge in [-0.15, -0.1) is 0 Å². The predicted octanol–water partition coefficient (Wildman–Crippen LogP) is 4.11. The van der Waals surface area contributed by atoms with Crippen molar-refractivity contribution in [3.8, 4) is 0 Å². The summed E-state index contributed by atoms with van der Waals surface area (Å²) in [5, 5.41) is 0. The Hall–Kier alpha value is -3.45. The van der Waals surface area contributed by atoms with Crippen LogP contribution in [-0.2, 0) is 21.2 Å². The van der Waals surface area contributed by atoms with Gasteiger partial charge in [0.15, 0.2) is 12.4 Å². The quantitative estimate of drug-likeness (QED) is 0.391. The van der Waals surface area contributed by atoms with Crippen LogP contribution in [0.5, 0.6) is 0 Å². The van der Waals surface area contributed by atoms with E-state index < -0.39 is 22.6 Å². The van der Waals surface area contributed by atoms with Crippen LogP contribution in [0.3, 0.4) is 0 Å². The van der Waals surface area contributed by atoms with E-state index in [1.54, 1.807) is 48.5 Å². The van der Waals surface area contributed by atoms with Crippen LogP contribution in [0.15, 0.2) is 83.8 Å². The number of carbonyl (C=O) groups is 2. The highest BCUT2D eigenvalue weighted by Crippen LogP contribution is 2.25. The van der Waals surface area contributed by atoms with E-state index in [2.05, 4.69) is 0 Å². The molecule has 0 atom stereocenters. The lowest BCUT2D eigenvalue weighted by molar-refractivity contribution is 0.0471. The second kappa shape index (κ2) is 9.57. The van der Waals surface area contributed by atoms with Crippen molar-refractivity contribution in [1.82, 2.24) is 0 Å². The molecule has 0 aliphatic rings. The Morgan fingerprint density at radius 1 is 0.871 bits per heavy atom. The third-order valence-electron chi connectivity index (χ3n) is 4.88. The molecule has 0 bridgehead atoms. The van der Waals surface area contributed by atoms with Crippen LogP contribution in [0.4, 0.5) is 5.69 Å². The molecule has 3 aromatic rings. The molecule has 0 heterocycles. The van der Waals surface area contributed by atoms with Crippen molar-refractivity contribution < 1.29 is 22.7 Å². The summed E-state index contributed by atoms with van der Waals surface area (Å²) in [7, 11) is -2.61. The fraction of sp³-hybridized carbons (Fsp3) is 0.167. The molecule has 3 rings (SSSR count). The number of nitrogens with zero attached hydrogens (tertiary/aromatic N) is 1. The van der Waals surface area contributed by atoms with Crippen molar-refractivity contribution in [2.45, 2.75) is 18.2 Å². The standard InChI is InChI=1S/C24H23NO5S/c1-3-18-13-15-19(16-14-18)22(26)17-30-24(27)21-11-7-8-12-23(21)31(28,29)25(2)20-9-5-4-6-10-20/h4-16H,3,17H2,1-2H3. The van der Waals surface area contributed by atoms with Crippen LogP contribution in [0.2, 0.25) is 0 Å². The second-order valence-corrected chi connectivity index (χ2v) is 8.79. The number of carbonyl (C=O) groups excluding carboxylic acids is 2. The van der Waals surface area contributed by atoms with Gasteiger partial charge in [-0.25, -0.2) is 13.2 Å². The summed E-state index contributed by atoms with van der Waals surface area (Å²) < 4.78 is 32.5. The average molecular weight is 438 g/mol. The topological polar surface area (TPSA) is 80.8 Å². The molecule has 0 fully saturated rings. The maximum Gasteiger partial charge on any atom is 0.339 e. The molecule has 0 N–H and O–H groups in total. The number of para-hydroxylation sites is 1. The number of sulfonamides is 1. The highest BCUT2D eigenvalue weighted by atomic mass is 32.2. The first kappa shape index (κ1) is 22.2. The van der Waals surface area contributed by atoms with Crippen molar-refractivity contribution in [2.24, 2.45) is 0 Å². The molecule has 0 saturated heterocycles. The number of esters is 1. The molecule has 0 unspecified atom stereocenters. The number of hydrogen-bond acceptors (Lipinski definition) is 5. The smallest absolute Gasteiger partial charge is 0.339 e. The molecule has 0 spiro atoms. The minimum absolute atomic E-state index is 0.126. The number of anilines is 1. The molecule has 0 radical (unpaired) electrons. The minimum Gasteiger partial charge on any atom is -0.454 e. The van der Waals surface area contributed by atoms with E-state index in [4.69, 9.17) is 4.74 Å². The Labute approximate surface area is 182 Å². The van der Waals surface area contributed by atoms with E-state index in [-0.39, 0.29) is 16.2 Å². The number of Topliss-reactive ketones (excluding diaryl/α,β-unsaturated/α-hetero) is 1. The normalized spacial score (nSPS) is 11.0. The fourth-order valence-electron chi connectivity index (χ4n) is 3.00. The van der Waals surface area contributed by atoms with Gasteiger partial charge in [-0.05, 0) is 36.2 Å². The zero-order valence-electron chi connectivity index (χ0n) is 17.3. The maximum absolute atomic E-state index is 13.1. The molecule has 0 aromatic heterocycles. The van der Waals surface area contributed by atoms with Gasteiger partial charge in [0.2, 0.25) is 0 Å². The summed E-state index contributed by atoms with van der Waals surface area (Å²) in [4.78, 5) is 24.8. The summed E-state index contributed by atoms with van der Waals surface area (Å²) in [6.07, 6.45) is 0.853. The summed E-state index contributed by atoms with van der Waals surface area (Å²) in [5.41, 5.74) is 1.85. The molecule has 160 valence electrons. The number of rotatable bonds is 8. The van der Waals surface area contributed by atoms with Crippen LogP contribution >= 0.6 is 0 Å². The van der Waals surface area contributed by atoms with Gasteiger partial charge in [-0.3, -0.25) is 9.10 Å². The monoisotopic (exact) mass is 437 g/mol. The molecule has 0 saturated carbocycles. The maximum atomic E-state index is 13.1. The van der Waals surface area contributed by atoms with Gasteiger partial charge in [0.1, 0.15) is 4.90 Å². The van der Waals surface area contributed by atoms with Crippen molar-refractivity contribution in [3.63, 3.8) is 0 Å². The van der Waals surface area contributed by atoms with E-state index in [0.29, 0.717) is 11.3 Å². The van der Waals surface area contributed by atoms with Gasteiger partial charge < -0.3 is 4.74 Å². The molecule has 7 heteroatoms. The molecular formula is C24H23NO5S. The van der Waals surface area contributed by atoms with Gasteiger partial charge in [-0.1, -0.05) is 61.5 Å². The Kier molecular flexibility index (Phi) is 6.87. The third kappa shape index (κ3) is 5.00. The first-order valence-corrected chi connectivity index (χ1v) is 11.2. The molecular weight excluding hydrogens is 414 g/mol. The Bertz CT molecular complexity index is 1170. The average Bonchev–Trinajstić information content (AvgIpc) is 2.82. The molecule has 3 aromatic carbocycles. The fourth-order valence-corrected chi connectivity index (χ4v) is 4.38. The number of benzene rings is 3. The van der Waals surface area contributed by atoms with Crippen LogP contribution in [0, 0.1) is 0 Å². The van der Waals surface area contributed by atoms with Gasteiger partial charge >= 0.3 is 5.97 Å². The highest BCUT2D eigenvalue weighted by Gasteiger charge is 2.27. The van der Waals surface area contributed by atoms with Crippen molar-refractivity contribution >= 4 is 27.5 Å². The van der Waals surface area contributed by atoms with Gasteiger partial charge in [0, 0.05) is 12.6 Å². The molecule has 31 heavy (non-hydrogen) atoms. The van der Waals surface area contributed by atoms with Crippen LogP contribution < -0.4 is 4.31 Å². The lowest BCUT2D eigenvalue weighted by Gasteiger charge is -2.20. The number of aryl methyl sites for hydroxylation is 1. The van der Waals surface area contributed by atoms with Crippen LogP contribution in [-0.4, -0.2) is 33.8 Å². The summed E-state index contributed by atoms with van der Waals surface area (Å²) in [6, 6.07) is 21.4. The predicted molar refractivity (Wildman–Crippen MR) is 119 cm³/mol. The third-order valence-corrected chi connectivity index (χ3v) is 6.73. The van der Waals surface area contributed by atoms with Gasteiger partial charge in [-0.2, -0.15) is 0 Å². The summed E-state index contributed by atoms with van der Waals surface area (Å²) in [5.74, 6) is -1.24. The molecule has 0 aliphatic carbocycles. The Morgan fingerprint density at radius 2 is 1.48 bits per heavy atom. The first-order valence-electron chi connectivity index (χ1n) is 9.77. The Morgan fingerprint density at radius 3 is 2.13 bits per heavy atom. The number of ether oxygens (including phenoxy) is 1. The second-order valence-electron chi connectivity index (χ2n) is 6.85. The summed E-state index contributed by atoms with van der Waals surface area (Å²) >= 11 is 0. The zero-order valence-corrected chi connectivity index (χ0v) is 18.1. The highest BCUT2D eigenvalue weighted by molar-refractivity contribution is 7.92. The zero-order chi connectivity index (χ0) is 22.4. The van der Waals surface area contributed by atoms with Crippen molar-refractivity contribution in [1.29, 1.82) is 0 Å². The van der Waals surface area contributed by atoms with E-state index in [1.165, 1.54) is 25.2 Å². The van der Waals surface area contributed by atoms with Gasteiger partial charge in [0.05, 0.1) is 11.3 Å². The van der Waals surface area contributed by atoms with Crippen molar-refractivity contribution in [3.05, 3.63) is 95.6 Å². The lowest BCUT2D eigenvalue weighted by atomic mass is 10.1. The SMILES string of the molecule is CCc1ccc(C(=O)COC(=O)c2ccccc2S(=O)(=O)N(C)c2ccccc2)cc1. The molecule has 0 amide bonds. The van der Waals surface area contributed by atoms with Crippen LogP contribution in [0.25, 0.3) is 0 Å². The van der Waals surface area contributed by atoms with E-state index in [0.717, 1.165) is 16.3 Å². The van der Waals surface area contributed by atoms with Crippen molar-refractivity contribution in [2.75, 3.05) is 18.0 Å². The Balaban J connectivity index is 1.79. The molecule has 6 nitrogen and oxygen atoms in total. The first-order chi connectivity index (χ1) is 14.8. The lowest BCUT2D eigenvalue weighted by Crippen LogP contribution is -2.28. The van der Waals surface area contributed by atoms with E-state index in [1.807, 2.05) is 19.1 Å². The number of ketones is 1. The van der Waals surface area contributed by atoms with Crippen LogP contribution in [0.1, 0.15) is 33.2 Å². The number of hydrogen-bond donors (Lipinski definition) is 0. The minimum atomic E-state index is -4.02. The van der Waals surface area contributed by atoms with E-state index in [9.17, 15) is 18.0 Å².